The summed E-state index contributed by atoms with van der Waals surface area (Å²) >= 11 is 0. The van der Waals surface area contributed by atoms with Gasteiger partial charge >= 0.3 is 0 Å². The summed E-state index contributed by atoms with van der Waals surface area (Å²) in [6.07, 6.45) is 3.76. The van der Waals surface area contributed by atoms with Gasteiger partial charge in [0, 0.05) is 30.4 Å². The van der Waals surface area contributed by atoms with Crippen LogP contribution in [0, 0.1) is 5.82 Å². The molecule has 1 aromatic carbocycles. The lowest BCUT2D eigenvalue weighted by Gasteiger charge is -2.24. The standard InChI is InChI=1S/C21H29FN8O2/c1-3-14(15-5-4-9-23-15)26-20-28-19(25-12-6-7-17(32-2)13(22)11-12)29-21(30-20)27-16-8-10-24-18(16)31/h6-7,11,14-16,23H,3-5,8-10H2,1-2H3,(H,24,31)(H3,25,26,27,28,29,30). The molecular formula is C21H29FN8O2. The Bertz CT molecular complexity index is 953. The van der Waals surface area contributed by atoms with Gasteiger partial charge in [-0.1, -0.05) is 6.92 Å². The van der Waals surface area contributed by atoms with E-state index in [1.165, 1.54) is 19.2 Å². The number of ether oxygens (including phenoxy) is 1. The summed E-state index contributed by atoms with van der Waals surface area (Å²) in [5, 5.41) is 15.8. The second-order valence-corrected chi connectivity index (χ2v) is 7.92. The molecule has 0 bridgehead atoms. The number of hydrogen-bond acceptors (Lipinski definition) is 9. The number of nitrogens with zero attached hydrogens (tertiary/aromatic N) is 3. The van der Waals surface area contributed by atoms with E-state index >= 15 is 0 Å². The van der Waals surface area contributed by atoms with E-state index in [9.17, 15) is 9.18 Å². The molecule has 172 valence electrons. The van der Waals surface area contributed by atoms with Crippen LogP contribution >= 0.6 is 0 Å². The first-order valence-corrected chi connectivity index (χ1v) is 11.0. The maximum Gasteiger partial charge on any atom is 0.242 e. The van der Waals surface area contributed by atoms with Gasteiger partial charge in [-0.05, 0) is 44.4 Å². The zero-order valence-corrected chi connectivity index (χ0v) is 18.2. The van der Waals surface area contributed by atoms with Crippen molar-refractivity contribution < 1.29 is 13.9 Å². The molecule has 10 nitrogen and oxygen atoms in total. The Kier molecular flexibility index (Phi) is 6.84. The van der Waals surface area contributed by atoms with Crippen LogP contribution in [0.3, 0.4) is 0 Å². The molecule has 5 N–H and O–H groups in total. The number of halogens is 1. The lowest BCUT2D eigenvalue weighted by atomic mass is 10.0. The van der Waals surface area contributed by atoms with Crippen LogP contribution in [0.5, 0.6) is 5.75 Å². The average Bonchev–Trinajstić information content (AvgIpc) is 3.45. The summed E-state index contributed by atoms with van der Waals surface area (Å²) in [6, 6.07) is 4.58. The Morgan fingerprint density at radius 3 is 2.66 bits per heavy atom. The molecule has 2 saturated heterocycles. The van der Waals surface area contributed by atoms with Crippen LogP contribution in [0.2, 0.25) is 0 Å². The maximum atomic E-state index is 14.1. The number of methoxy groups -OCH3 is 1. The molecule has 3 unspecified atom stereocenters. The van der Waals surface area contributed by atoms with Crippen molar-refractivity contribution >= 4 is 29.4 Å². The van der Waals surface area contributed by atoms with Crippen molar-refractivity contribution in [2.75, 3.05) is 36.1 Å². The number of aromatic nitrogens is 3. The fourth-order valence-electron chi connectivity index (χ4n) is 4.03. The minimum absolute atomic E-state index is 0.0896. The molecular weight excluding hydrogens is 415 g/mol. The van der Waals surface area contributed by atoms with E-state index in [0.717, 1.165) is 25.8 Å². The number of carbonyl (C=O) groups is 1. The summed E-state index contributed by atoms with van der Waals surface area (Å²) in [7, 11) is 1.41. The zero-order chi connectivity index (χ0) is 22.5. The van der Waals surface area contributed by atoms with Crippen LogP contribution in [0.4, 0.5) is 27.9 Å². The fraction of sp³-hybridized carbons (Fsp3) is 0.524. The van der Waals surface area contributed by atoms with Crippen molar-refractivity contribution in [2.24, 2.45) is 0 Å². The van der Waals surface area contributed by atoms with Crippen molar-refractivity contribution in [3.05, 3.63) is 24.0 Å². The van der Waals surface area contributed by atoms with Gasteiger partial charge in [-0.15, -0.1) is 0 Å². The third kappa shape index (κ3) is 5.16. The van der Waals surface area contributed by atoms with Gasteiger partial charge < -0.3 is 31.3 Å². The van der Waals surface area contributed by atoms with E-state index in [1.807, 2.05) is 0 Å². The largest absolute Gasteiger partial charge is 0.494 e. The quantitative estimate of drug-likeness (QED) is 0.395. The molecule has 2 aliphatic rings. The molecule has 0 aliphatic carbocycles. The normalized spacial score (nSPS) is 21.2. The van der Waals surface area contributed by atoms with E-state index in [2.05, 4.69) is 48.5 Å². The first-order valence-electron chi connectivity index (χ1n) is 11.0. The number of anilines is 4. The van der Waals surface area contributed by atoms with E-state index in [4.69, 9.17) is 4.74 Å². The molecule has 4 rings (SSSR count). The third-order valence-electron chi connectivity index (χ3n) is 5.73. The van der Waals surface area contributed by atoms with Gasteiger partial charge in [0.05, 0.1) is 7.11 Å². The van der Waals surface area contributed by atoms with Gasteiger partial charge in [-0.3, -0.25) is 4.79 Å². The Morgan fingerprint density at radius 2 is 2.00 bits per heavy atom. The van der Waals surface area contributed by atoms with Crippen molar-refractivity contribution in [2.45, 2.75) is 50.7 Å². The van der Waals surface area contributed by atoms with E-state index < -0.39 is 11.9 Å². The van der Waals surface area contributed by atoms with Crippen molar-refractivity contribution in [3.8, 4) is 5.75 Å². The van der Waals surface area contributed by atoms with E-state index in [-0.39, 0.29) is 29.6 Å². The number of benzene rings is 1. The highest BCUT2D eigenvalue weighted by Gasteiger charge is 2.26. The second kappa shape index (κ2) is 9.94. The topological polar surface area (TPSA) is 125 Å². The highest BCUT2D eigenvalue weighted by molar-refractivity contribution is 5.86. The molecule has 1 amide bonds. The van der Waals surface area contributed by atoms with Crippen LogP contribution in [-0.2, 0) is 4.79 Å². The monoisotopic (exact) mass is 444 g/mol. The van der Waals surface area contributed by atoms with Gasteiger partial charge in [0.1, 0.15) is 6.04 Å². The van der Waals surface area contributed by atoms with E-state index in [1.54, 1.807) is 6.07 Å². The first-order chi connectivity index (χ1) is 15.6. The summed E-state index contributed by atoms with van der Waals surface area (Å²) in [4.78, 5) is 25.4. The number of rotatable bonds is 9. The number of amides is 1. The summed E-state index contributed by atoms with van der Waals surface area (Å²) in [5.74, 6) is 0.464. The summed E-state index contributed by atoms with van der Waals surface area (Å²) < 4.78 is 19.1. The predicted molar refractivity (Wildman–Crippen MR) is 120 cm³/mol. The van der Waals surface area contributed by atoms with Crippen molar-refractivity contribution in [1.82, 2.24) is 25.6 Å². The second-order valence-electron chi connectivity index (χ2n) is 7.92. The Morgan fingerprint density at radius 1 is 1.19 bits per heavy atom. The predicted octanol–water partition coefficient (Wildman–Crippen LogP) is 2.01. The summed E-state index contributed by atoms with van der Waals surface area (Å²) in [5.41, 5.74) is 0.467. The van der Waals surface area contributed by atoms with Gasteiger partial charge in [-0.2, -0.15) is 15.0 Å². The Hall–Kier alpha value is -3.21. The number of carbonyl (C=O) groups excluding carboxylic acids is 1. The molecule has 2 aliphatic heterocycles. The molecule has 3 atom stereocenters. The molecule has 2 fully saturated rings. The molecule has 0 radical (unpaired) electrons. The molecule has 0 spiro atoms. The number of nitrogens with one attached hydrogen (secondary N) is 5. The molecule has 3 heterocycles. The lowest BCUT2D eigenvalue weighted by molar-refractivity contribution is -0.119. The van der Waals surface area contributed by atoms with Gasteiger partial charge in [-0.25, -0.2) is 4.39 Å². The van der Waals surface area contributed by atoms with Crippen LogP contribution in [0.15, 0.2) is 18.2 Å². The molecule has 2 aromatic rings. The Balaban J connectivity index is 1.58. The van der Waals surface area contributed by atoms with Crippen molar-refractivity contribution in [1.29, 1.82) is 0 Å². The summed E-state index contributed by atoms with van der Waals surface area (Å²) in [6.45, 7) is 3.72. The van der Waals surface area contributed by atoms with Crippen molar-refractivity contribution in [3.63, 3.8) is 0 Å². The van der Waals surface area contributed by atoms with Gasteiger partial charge in [0.25, 0.3) is 0 Å². The number of hydrogen-bond donors (Lipinski definition) is 5. The van der Waals surface area contributed by atoms with Gasteiger partial charge in [0.15, 0.2) is 11.6 Å². The van der Waals surface area contributed by atoms with Crippen LogP contribution in [0.25, 0.3) is 0 Å². The van der Waals surface area contributed by atoms with Crippen LogP contribution in [0.1, 0.15) is 32.6 Å². The van der Waals surface area contributed by atoms with Crippen LogP contribution in [-0.4, -0.2) is 59.2 Å². The zero-order valence-electron chi connectivity index (χ0n) is 18.2. The molecule has 11 heteroatoms. The highest BCUT2D eigenvalue weighted by atomic mass is 19.1. The first kappa shape index (κ1) is 22.0. The average molecular weight is 445 g/mol. The minimum Gasteiger partial charge on any atom is -0.494 e. The molecule has 0 saturated carbocycles. The van der Waals surface area contributed by atoms with E-state index in [0.29, 0.717) is 30.6 Å². The smallest absolute Gasteiger partial charge is 0.242 e. The SMILES string of the molecule is CCC(Nc1nc(Nc2ccc(OC)c(F)c2)nc(NC2CCNC2=O)n1)C1CCCN1. The molecule has 32 heavy (non-hydrogen) atoms. The third-order valence-corrected chi connectivity index (χ3v) is 5.73. The lowest BCUT2D eigenvalue weighted by Crippen LogP contribution is -2.40. The van der Waals surface area contributed by atoms with Gasteiger partial charge in [0.2, 0.25) is 23.8 Å². The Labute approximate surface area is 186 Å². The van der Waals surface area contributed by atoms with Crippen LogP contribution < -0.4 is 31.3 Å². The maximum absolute atomic E-state index is 14.1. The molecule has 1 aromatic heterocycles. The highest BCUT2D eigenvalue weighted by Crippen LogP contribution is 2.24. The fourth-order valence-corrected chi connectivity index (χ4v) is 4.03. The minimum atomic E-state index is -0.496.